The number of hydrogen-bond donors (Lipinski definition) is 1. The number of carbonyl (C=O) groups excluding carboxylic acids is 1. The summed E-state index contributed by atoms with van der Waals surface area (Å²) in [5.74, 6) is 0.390. The maximum Gasteiger partial charge on any atom is 0.234 e. The number of benzene rings is 1. The highest BCUT2D eigenvalue weighted by molar-refractivity contribution is 8.01. The van der Waals surface area contributed by atoms with E-state index in [0.717, 1.165) is 26.8 Å². The third-order valence-corrected chi connectivity index (χ3v) is 5.54. The Morgan fingerprint density at radius 2 is 1.83 bits per heavy atom. The summed E-state index contributed by atoms with van der Waals surface area (Å²) < 4.78 is 0.947. The normalized spacial score (nSPS) is 11.6. The van der Waals surface area contributed by atoms with Crippen molar-refractivity contribution in [2.75, 3.05) is 11.1 Å². The fourth-order valence-electron chi connectivity index (χ4n) is 2.35. The zero-order valence-electron chi connectivity index (χ0n) is 14.6. The molecule has 0 atom stereocenters. The van der Waals surface area contributed by atoms with Gasteiger partial charge in [0.2, 0.25) is 5.91 Å². The van der Waals surface area contributed by atoms with Gasteiger partial charge in [0.25, 0.3) is 0 Å². The number of nitrogens with zero attached hydrogens (tertiary/aromatic N) is 1. The Morgan fingerprint density at radius 1 is 1.22 bits per heavy atom. The molecule has 0 bridgehead atoms. The second kappa shape index (κ2) is 7.05. The Labute approximate surface area is 146 Å². The second-order valence-corrected chi connectivity index (χ2v) is 8.94. The van der Waals surface area contributed by atoms with Gasteiger partial charge in [-0.3, -0.25) is 4.79 Å². The predicted octanol–water partition coefficient (Wildman–Crippen LogP) is 5.10. The number of anilines is 1. The molecular weight excluding hydrogens is 324 g/mol. The van der Waals surface area contributed by atoms with E-state index in [0.29, 0.717) is 5.75 Å². The molecule has 0 unspecified atom stereocenters. The van der Waals surface area contributed by atoms with Crippen molar-refractivity contribution in [1.82, 2.24) is 4.98 Å². The minimum absolute atomic E-state index is 0.0116. The number of thioether (sulfide) groups is 1. The summed E-state index contributed by atoms with van der Waals surface area (Å²) in [5, 5.41) is 5.11. The van der Waals surface area contributed by atoms with Gasteiger partial charge < -0.3 is 5.32 Å². The van der Waals surface area contributed by atoms with E-state index < -0.39 is 0 Å². The lowest BCUT2D eigenvalue weighted by Gasteiger charge is -2.14. The lowest BCUT2D eigenvalue weighted by Crippen LogP contribution is -2.16. The quantitative estimate of drug-likeness (QED) is 0.782. The van der Waals surface area contributed by atoms with Gasteiger partial charge in [0.05, 0.1) is 11.4 Å². The van der Waals surface area contributed by atoms with Crippen molar-refractivity contribution in [2.24, 2.45) is 0 Å². The van der Waals surface area contributed by atoms with Crippen LogP contribution in [0.2, 0.25) is 0 Å². The molecule has 1 aromatic carbocycles. The summed E-state index contributed by atoms with van der Waals surface area (Å²) in [6.07, 6.45) is 0. The van der Waals surface area contributed by atoms with Crippen molar-refractivity contribution in [3.8, 4) is 0 Å². The number of aryl methyl sites for hydroxylation is 3. The molecule has 0 aliphatic heterocycles. The molecule has 5 heteroatoms. The van der Waals surface area contributed by atoms with Crippen molar-refractivity contribution in [1.29, 1.82) is 0 Å². The van der Waals surface area contributed by atoms with Crippen LogP contribution in [0.15, 0.2) is 21.9 Å². The molecule has 2 aromatic rings. The zero-order valence-corrected chi connectivity index (χ0v) is 16.2. The lowest BCUT2D eigenvalue weighted by atomic mass is 9.93. The topological polar surface area (TPSA) is 42.0 Å². The molecule has 1 aromatic heterocycles. The number of hydrogen-bond acceptors (Lipinski definition) is 4. The lowest BCUT2D eigenvalue weighted by molar-refractivity contribution is -0.113. The van der Waals surface area contributed by atoms with E-state index in [1.165, 1.54) is 17.3 Å². The van der Waals surface area contributed by atoms with E-state index >= 15 is 0 Å². The van der Waals surface area contributed by atoms with Gasteiger partial charge in [0.1, 0.15) is 0 Å². The van der Waals surface area contributed by atoms with Gasteiger partial charge in [-0.1, -0.05) is 50.2 Å². The van der Waals surface area contributed by atoms with Crippen LogP contribution >= 0.6 is 23.1 Å². The third-order valence-electron chi connectivity index (χ3n) is 3.52. The fraction of sp³-hybridized carbons (Fsp3) is 0.444. The molecule has 0 fully saturated rings. The number of carbonyl (C=O) groups is 1. The van der Waals surface area contributed by atoms with Crippen LogP contribution in [0.5, 0.6) is 0 Å². The SMILES string of the molecule is Cc1cc(C)c(NC(=O)CSc2nc(C(C)(C)C)cs2)c(C)c1. The molecule has 1 N–H and O–H groups in total. The predicted molar refractivity (Wildman–Crippen MR) is 101 cm³/mol. The molecule has 2 rings (SSSR count). The Balaban J connectivity index is 1.97. The molecule has 0 saturated carbocycles. The molecule has 0 aliphatic carbocycles. The smallest absolute Gasteiger partial charge is 0.234 e. The third kappa shape index (κ3) is 4.82. The number of rotatable bonds is 4. The largest absolute Gasteiger partial charge is 0.325 e. The van der Waals surface area contributed by atoms with Crippen molar-refractivity contribution < 1.29 is 4.79 Å². The number of aromatic nitrogens is 1. The van der Waals surface area contributed by atoms with E-state index in [2.05, 4.69) is 55.5 Å². The van der Waals surface area contributed by atoms with Gasteiger partial charge in [-0.15, -0.1) is 11.3 Å². The maximum atomic E-state index is 12.2. The van der Waals surface area contributed by atoms with Crippen LogP contribution in [0.3, 0.4) is 0 Å². The Morgan fingerprint density at radius 3 is 2.35 bits per heavy atom. The standard InChI is InChI=1S/C18H24N2OS2/c1-11-7-12(2)16(13(3)8-11)20-15(21)10-23-17-19-14(9-22-17)18(4,5)6/h7-9H,10H2,1-6H3,(H,20,21). The molecule has 1 amide bonds. The van der Waals surface area contributed by atoms with Crippen molar-refractivity contribution in [3.63, 3.8) is 0 Å². The Bertz CT molecular complexity index is 691. The highest BCUT2D eigenvalue weighted by atomic mass is 32.2. The first kappa shape index (κ1) is 18.0. The van der Waals surface area contributed by atoms with Gasteiger partial charge >= 0.3 is 0 Å². The molecule has 1 heterocycles. The summed E-state index contributed by atoms with van der Waals surface area (Å²) in [4.78, 5) is 16.8. The summed E-state index contributed by atoms with van der Waals surface area (Å²) in [6, 6.07) is 4.18. The summed E-state index contributed by atoms with van der Waals surface area (Å²) in [5.41, 5.74) is 5.47. The highest BCUT2D eigenvalue weighted by Crippen LogP contribution is 2.29. The van der Waals surface area contributed by atoms with E-state index in [1.807, 2.05) is 13.8 Å². The number of nitrogens with one attached hydrogen (secondary N) is 1. The van der Waals surface area contributed by atoms with Gasteiger partial charge in [-0.25, -0.2) is 4.98 Å². The molecule has 3 nitrogen and oxygen atoms in total. The molecule has 0 spiro atoms. The van der Waals surface area contributed by atoms with Crippen LogP contribution in [0.25, 0.3) is 0 Å². The first-order valence-corrected chi connectivity index (χ1v) is 9.50. The molecule has 23 heavy (non-hydrogen) atoms. The summed E-state index contributed by atoms with van der Waals surface area (Å²) in [7, 11) is 0. The van der Waals surface area contributed by atoms with Crippen molar-refractivity contribution >= 4 is 34.7 Å². The Kier molecular flexibility index (Phi) is 5.53. The second-order valence-electron chi connectivity index (χ2n) is 6.86. The van der Waals surface area contributed by atoms with Crippen LogP contribution in [0.4, 0.5) is 5.69 Å². The first-order valence-electron chi connectivity index (χ1n) is 7.63. The van der Waals surface area contributed by atoms with Crippen LogP contribution in [-0.2, 0) is 10.2 Å². The number of thiazole rings is 1. The van der Waals surface area contributed by atoms with Crippen molar-refractivity contribution in [2.45, 2.75) is 51.3 Å². The van der Waals surface area contributed by atoms with Gasteiger partial charge in [-0.05, 0) is 31.9 Å². The zero-order chi connectivity index (χ0) is 17.2. The average Bonchev–Trinajstić information content (AvgIpc) is 2.89. The van der Waals surface area contributed by atoms with Gasteiger partial charge in [0, 0.05) is 16.5 Å². The van der Waals surface area contributed by atoms with Crippen molar-refractivity contribution in [3.05, 3.63) is 39.9 Å². The molecule has 0 aliphatic rings. The average molecular weight is 349 g/mol. The Hall–Kier alpha value is -1.33. The van der Waals surface area contributed by atoms with Crippen LogP contribution in [-0.4, -0.2) is 16.6 Å². The van der Waals surface area contributed by atoms with Crippen LogP contribution in [0.1, 0.15) is 43.2 Å². The number of amides is 1. The highest BCUT2D eigenvalue weighted by Gasteiger charge is 2.18. The van der Waals surface area contributed by atoms with E-state index in [9.17, 15) is 4.79 Å². The van der Waals surface area contributed by atoms with Crippen LogP contribution in [0, 0.1) is 20.8 Å². The summed E-state index contributed by atoms with van der Waals surface area (Å²) >= 11 is 3.10. The van der Waals surface area contributed by atoms with Gasteiger partial charge in [0.15, 0.2) is 4.34 Å². The van der Waals surface area contributed by atoms with E-state index in [1.54, 1.807) is 11.3 Å². The van der Waals surface area contributed by atoms with Crippen LogP contribution < -0.4 is 5.32 Å². The maximum absolute atomic E-state index is 12.2. The minimum atomic E-state index is 0.0116. The van der Waals surface area contributed by atoms with E-state index in [4.69, 9.17) is 0 Å². The molecular formula is C18H24N2OS2. The monoisotopic (exact) mass is 348 g/mol. The molecule has 0 radical (unpaired) electrons. The minimum Gasteiger partial charge on any atom is -0.325 e. The fourth-order valence-corrected chi connectivity index (χ4v) is 4.20. The summed E-state index contributed by atoms with van der Waals surface area (Å²) in [6.45, 7) is 12.6. The van der Waals surface area contributed by atoms with Gasteiger partial charge in [-0.2, -0.15) is 0 Å². The molecule has 0 saturated heterocycles. The first-order chi connectivity index (χ1) is 10.7. The van der Waals surface area contributed by atoms with E-state index in [-0.39, 0.29) is 11.3 Å². The molecule has 124 valence electrons.